The minimum absolute atomic E-state index is 0.290. The standard InChI is InChI=1S/C24H44I2O3/c1-3-5-15-23(17-11-7-9-13-19-25)28-21-27-22-29-24(16-6-4-2)18-12-8-10-14-20-26/h7-10,23-24H,3-6,11-22H2,1-2H3/b9-7-,10-8-. The first-order valence-electron chi connectivity index (χ1n) is 11.5. The van der Waals surface area contributed by atoms with Crippen molar-refractivity contribution < 1.29 is 14.2 Å². The molecule has 3 nitrogen and oxygen atoms in total. The number of unbranched alkanes of at least 4 members (excludes halogenated alkanes) is 2. The lowest BCUT2D eigenvalue weighted by molar-refractivity contribution is -0.167. The van der Waals surface area contributed by atoms with E-state index < -0.39 is 0 Å². The van der Waals surface area contributed by atoms with Crippen LogP contribution in [0.5, 0.6) is 0 Å². The average molecular weight is 634 g/mol. The van der Waals surface area contributed by atoms with E-state index in [1.54, 1.807) is 0 Å². The molecule has 0 fully saturated rings. The van der Waals surface area contributed by atoms with Gasteiger partial charge in [0.15, 0.2) is 0 Å². The van der Waals surface area contributed by atoms with E-state index in [2.05, 4.69) is 83.3 Å². The van der Waals surface area contributed by atoms with Gasteiger partial charge in [0.25, 0.3) is 0 Å². The molecule has 0 rings (SSSR count). The highest BCUT2D eigenvalue weighted by atomic mass is 127. The summed E-state index contributed by atoms with van der Waals surface area (Å²) in [5.41, 5.74) is 0. The number of alkyl halides is 2. The van der Waals surface area contributed by atoms with Crippen LogP contribution in [0.1, 0.15) is 90.9 Å². The smallest absolute Gasteiger partial charge is 0.149 e. The number of hydrogen-bond donors (Lipinski definition) is 0. The van der Waals surface area contributed by atoms with Gasteiger partial charge in [-0.3, -0.25) is 0 Å². The van der Waals surface area contributed by atoms with Crippen LogP contribution in [0, 0.1) is 0 Å². The Balaban J connectivity index is 4.06. The monoisotopic (exact) mass is 634 g/mol. The van der Waals surface area contributed by atoms with Crippen LogP contribution in [-0.4, -0.2) is 34.6 Å². The Morgan fingerprint density at radius 3 is 1.41 bits per heavy atom. The summed E-state index contributed by atoms with van der Waals surface area (Å²) in [7, 11) is 0. The van der Waals surface area contributed by atoms with Gasteiger partial charge in [0.1, 0.15) is 13.6 Å². The Morgan fingerprint density at radius 2 is 1.03 bits per heavy atom. The highest BCUT2D eigenvalue weighted by Gasteiger charge is 2.10. The Kier molecular flexibility index (Phi) is 25.8. The van der Waals surface area contributed by atoms with Gasteiger partial charge in [0.05, 0.1) is 12.2 Å². The van der Waals surface area contributed by atoms with Crippen molar-refractivity contribution in [1.29, 1.82) is 0 Å². The summed E-state index contributed by atoms with van der Waals surface area (Å²) in [4.78, 5) is 0. The van der Waals surface area contributed by atoms with Crippen molar-refractivity contribution in [3.8, 4) is 0 Å². The van der Waals surface area contributed by atoms with Crippen molar-refractivity contribution in [1.82, 2.24) is 0 Å². The largest absolute Gasteiger partial charge is 0.352 e. The molecular formula is C24H44I2O3. The number of rotatable bonds is 22. The molecule has 0 spiro atoms. The molecule has 0 aromatic rings. The Labute approximate surface area is 208 Å². The molecule has 0 aliphatic heterocycles. The zero-order valence-corrected chi connectivity index (χ0v) is 23.1. The first kappa shape index (κ1) is 29.8. The molecule has 0 radical (unpaired) electrons. The fourth-order valence-corrected chi connectivity index (χ4v) is 3.69. The molecule has 2 atom stereocenters. The van der Waals surface area contributed by atoms with Gasteiger partial charge in [-0.2, -0.15) is 0 Å². The third-order valence-electron chi connectivity index (χ3n) is 4.73. The maximum atomic E-state index is 5.99. The molecule has 0 saturated carbocycles. The second-order valence-electron chi connectivity index (χ2n) is 7.35. The fraction of sp³-hybridized carbons (Fsp3) is 0.833. The third-order valence-corrected chi connectivity index (χ3v) is 5.97. The Bertz CT molecular complexity index is 341. The predicted octanol–water partition coefficient (Wildman–Crippen LogP) is 8.39. The van der Waals surface area contributed by atoms with E-state index in [0.717, 1.165) is 51.4 Å². The van der Waals surface area contributed by atoms with Crippen LogP contribution in [0.15, 0.2) is 24.3 Å². The average Bonchev–Trinajstić information content (AvgIpc) is 2.73. The van der Waals surface area contributed by atoms with E-state index >= 15 is 0 Å². The van der Waals surface area contributed by atoms with Crippen LogP contribution in [-0.2, 0) is 14.2 Å². The third kappa shape index (κ3) is 21.8. The highest BCUT2D eigenvalue weighted by molar-refractivity contribution is 14.1. The molecular weight excluding hydrogens is 590 g/mol. The summed E-state index contributed by atoms with van der Waals surface area (Å²) in [5, 5.41) is 0. The minimum Gasteiger partial charge on any atom is -0.352 e. The summed E-state index contributed by atoms with van der Waals surface area (Å²) in [6.45, 7) is 5.13. The van der Waals surface area contributed by atoms with Gasteiger partial charge >= 0.3 is 0 Å². The van der Waals surface area contributed by atoms with Crippen molar-refractivity contribution in [3.05, 3.63) is 24.3 Å². The second kappa shape index (κ2) is 25.1. The second-order valence-corrected chi connectivity index (χ2v) is 9.51. The van der Waals surface area contributed by atoms with E-state index in [1.807, 2.05) is 0 Å². The summed E-state index contributed by atoms with van der Waals surface area (Å²) in [6, 6.07) is 0. The normalized spacial score (nSPS) is 14.2. The van der Waals surface area contributed by atoms with Gasteiger partial charge < -0.3 is 14.2 Å². The van der Waals surface area contributed by atoms with Crippen LogP contribution < -0.4 is 0 Å². The van der Waals surface area contributed by atoms with Gasteiger partial charge in [0, 0.05) is 8.86 Å². The number of halogens is 2. The predicted molar refractivity (Wildman–Crippen MR) is 143 cm³/mol. The van der Waals surface area contributed by atoms with E-state index in [1.165, 1.54) is 34.5 Å². The number of hydrogen-bond acceptors (Lipinski definition) is 3. The highest BCUT2D eigenvalue weighted by Crippen LogP contribution is 2.14. The van der Waals surface area contributed by atoms with Crippen molar-refractivity contribution in [2.24, 2.45) is 0 Å². The van der Waals surface area contributed by atoms with Gasteiger partial charge in [-0.15, -0.1) is 0 Å². The van der Waals surface area contributed by atoms with Crippen LogP contribution in [0.4, 0.5) is 0 Å². The van der Waals surface area contributed by atoms with Crippen LogP contribution in [0.3, 0.4) is 0 Å². The van der Waals surface area contributed by atoms with Crippen LogP contribution >= 0.6 is 45.2 Å². The molecule has 2 unspecified atom stereocenters. The molecule has 5 heteroatoms. The lowest BCUT2D eigenvalue weighted by Crippen LogP contribution is -2.19. The van der Waals surface area contributed by atoms with Gasteiger partial charge in [-0.1, -0.05) is 109 Å². The molecule has 0 aliphatic carbocycles. The molecule has 0 saturated heterocycles. The van der Waals surface area contributed by atoms with E-state index in [-0.39, 0.29) is 12.2 Å². The van der Waals surface area contributed by atoms with E-state index in [9.17, 15) is 0 Å². The first-order chi connectivity index (χ1) is 14.3. The molecule has 29 heavy (non-hydrogen) atoms. The summed E-state index contributed by atoms with van der Waals surface area (Å²) in [6.07, 6.45) is 23.4. The number of allylic oxidation sites excluding steroid dienone is 4. The van der Waals surface area contributed by atoms with Crippen molar-refractivity contribution in [3.63, 3.8) is 0 Å². The summed E-state index contributed by atoms with van der Waals surface area (Å²) >= 11 is 4.83. The minimum atomic E-state index is 0.290. The fourth-order valence-electron chi connectivity index (χ4n) is 2.97. The quantitative estimate of drug-likeness (QED) is 0.0394. The maximum absolute atomic E-state index is 5.99. The van der Waals surface area contributed by atoms with Crippen molar-refractivity contribution in [2.75, 3.05) is 22.4 Å². The molecule has 0 N–H and O–H groups in total. The lowest BCUT2D eigenvalue weighted by Gasteiger charge is -2.19. The van der Waals surface area contributed by atoms with Crippen LogP contribution in [0.2, 0.25) is 0 Å². The zero-order valence-electron chi connectivity index (χ0n) is 18.8. The molecule has 0 aromatic carbocycles. The van der Waals surface area contributed by atoms with Crippen molar-refractivity contribution in [2.45, 2.75) is 103 Å². The Hall–Kier alpha value is 0.820. The molecule has 0 heterocycles. The van der Waals surface area contributed by atoms with Gasteiger partial charge in [-0.05, 0) is 51.4 Å². The molecule has 0 amide bonds. The molecule has 0 aliphatic rings. The molecule has 0 aromatic heterocycles. The number of ether oxygens (including phenoxy) is 3. The summed E-state index contributed by atoms with van der Waals surface area (Å²) in [5.74, 6) is 0. The maximum Gasteiger partial charge on any atom is 0.149 e. The van der Waals surface area contributed by atoms with Crippen LogP contribution in [0.25, 0.3) is 0 Å². The topological polar surface area (TPSA) is 27.7 Å². The lowest BCUT2D eigenvalue weighted by atomic mass is 10.1. The van der Waals surface area contributed by atoms with Gasteiger partial charge in [-0.25, -0.2) is 0 Å². The van der Waals surface area contributed by atoms with Crippen molar-refractivity contribution >= 4 is 45.2 Å². The first-order valence-corrected chi connectivity index (χ1v) is 14.6. The Morgan fingerprint density at radius 1 is 0.621 bits per heavy atom. The van der Waals surface area contributed by atoms with E-state index in [4.69, 9.17) is 14.2 Å². The zero-order chi connectivity index (χ0) is 21.4. The molecule has 0 bridgehead atoms. The SMILES string of the molecule is CCCCC(CC/C=C\CCI)OCOCOC(CC/C=C\CCI)CCCC. The molecule has 172 valence electrons. The van der Waals surface area contributed by atoms with E-state index in [0.29, 0.717) is 13.6 Å². The van der Waals surface area contributed by atoms with Gasteiger partial charge in [0.2, 0.25) is 0 Å². The summed E-state index contributed by atoms with van der Waals surface area (Å²) < 4.78 is 20.0.